The Morgan fingerprint density at radius 3 is 2.67 bits per heavy atom. The molecular formula is C10H21NO3S. The summed E-state index contributed by atoms with van der Waals surface area (Å²) < 4.78 is 9.80. The second-order valence-electron chi connectivity index (χ2n) is 3.49. The van der Waals surface area contributed by atoms with E-state index in [4.69, 9.17) is 15.2 Å². The highest BCUT2D eigenvalue weighted by atomic mass is 32.2. The molecular weight excluding hydrogens is 214 g/mol. The lowest BCUT2D eigenvalue weighted by atomic mass is 10.0. The molecule has 0 aliphatic heterocycles. The normalized spacial score (nSPS) is 14.7. The van der Waals surface area contributed by atoms with Gasteiger partial charge in [0.1, 0.15) is 5.54 Å². The Kier molecular flexibility index (Phi) is 7.82. The molecule has 15 heavy (non-hydrogen) atoms. The van der Waals surface area contributed by atoms with Crippen LogP contribution in [0.5, 0.6) is 0 Å². The third kappa shape index (κ3) is 6.76. The molecule has 0 radical (unpaired) electrons. The van der Waals surface area contributed by atoms with E-state index < -0.39 is 5.54 Å². The van der Waals surface area contributed by atoms with Crippen LogP contribution in [0.3, 0.4) is 0 Å². The molecule has 0 aromatic heterocycles. The summed E-state index contributed by atoms with van der Waals surface area (Å²) >= 11 is 1.73. The maximum absolute atomic E-state index is 11.4. The first-order valence-corrected chi connectivity index (χ1v) is 6.23. The fourth-order valence-corrected chi connectivity index (χ4v) is 1.98. The van der Waals surface area contributed by atoms with Crippen molar-refractivity contribution in [3.63, 3.8) is 0 Å². The van der Waals surface area contributed by atoms with Crippen molar-refractivity contribution in [3.05, 3.63) is 0 Å². The average molecular weight is 235 g/mol. The van der Waals surface area contributed by atoms with Crippen LogP contribution in [-0.4, -0.2) is 43.3 Å². The number of esters is 1. The fraction of sp³-hybridized carbons (Fsp3) is 0.900. The number of rotatable bonds is 8. The molecule has 0 aliphatic rings. The molecule has 5 heteroatoms. The molecule has 0 bridgehead atoms. The summed E-state index contributed by atoms with van der Waals surface area (Å²) in [5.41, 5.74) is 4.98. The van der Waals surface area contributed by atoms with Gasteiger partial charge in [-0.25, -0.2) is 0 Å². The molecule has 0 amide bonds. The van der Waals surface area contributed by atoms with Gasteiger partial charge in [0, 0.05) is 12.9 Å². The van der Waals surface area contributed by atoms with Gasteiger partial charge in [-0.2, -0.15) is 11.8 Å². The van der Waals surface area contributed by atoms with Crippen LogP contribution in [0.15, 0.2) is 0 Å². The number of carbonyl (C=O) groups is 1. The molecule has 90 valence electrons. The number of hydrogen-bond donors (Lipinski definition) is 1. The summed E-state index contributed by atoms with van der Waals surface area (Å²) in [5, 5.41) is 0. The second-order valence-corrected chi connectivity index (χ2v) is 4.72. The van der Waals surface area contributed by atoms with E-state index in [9.17, 15) is 4.79 Å². The van der Waals surface area contributed by atoms with Crippen molar-refractivity contribution in [2.45, 2.75) is 25.8 Å². The van der Waals surface area contributed by atoms with Crippen molar-refractivity contribution < 1.29 is 14.3 Å². The molecule has 4 nitrogen and oxygen atoms in total. The van der Waals surface area contributed by atoms with Gasteiger partial charge in [-0.15, -0.1) is 0 Å². The minimum atomic E-state index is -0.865. The van der Waals surface area contributed by atoms with Crippen LogP contribution in [0.2, 0.25) is 0 Å². The molecule has 0 rings (SSSR count). The topological polar surface area (TPSA) is 61.5 Å². The first kappa shape index (κ1) is 14.7. The molecule has 0 heterocycles. The first-order chi connectivity index (χ1) is 7.04. The third-order valence-corrected chi connectivity index (χ3v) is 2.89. The highest BCUT2D eigenvalue weighted by Gasteiger charge is 2.29. The zero-order chi connectivity index (χ0) is 11.7. The van der Waals surface area contributed by atoms with E-state index in [1.165, 1.54) is 0 Å². The van der Waals surface area contributed by atoms with Crippen LogP contribution in [0.1, 0.15) is 20.3 Å². The monoisotopic (exact) mass is 235 g/mol. The Morgan fingerprint density at radius 1 is 1.47 bits per heavy atom. The third-order valence-electron chi connectivity index (χ3n) is 1.94. The average Bonchev–Trinajstić information content (AvgIpc) is 2.18. The van der Waals surface area contributed by atoms with Crippen LogP contribution in [-0.2, 0) is 14.3 Å². The zero-order valence-electron chi connectivity index (χ0n) is 9.75. The van der Waals surface area contributed by atoms with Gasteiger partial charge in [0.05, 0.1) is 13.2 Å². The molecule has 0 aromatic carbocycles. The maximum Gasteiger partial charge on any atom is 0.325 e. The lowest BCUT2D eigenvalue weighted by Gasteiger charge is -2.21. The summed E-state index contributed by atoms with van der Waals surface area (Å²) in [6.07, 6.45) is 0.625. The molecule has 0 saturated carbocycles. The maximum atomic E-state index is 11.4. The van der Waals surface area contributed by atoms with Gasteiger partial charge in [0.15, 0.2) is 0 Å². The van der Waals surface area contributed by atoms with Crippen LogP contribution < -0.4 is 5.73 Å². The summed E-state index contributed by atoms with van der Waals surface area (Å²) in [6, 6.07) is 0. The smallest absolute Gasteiger partial charge is 0.325 e. The van der Waals surface area contributed by atoms with Gasteiger partial charge in [-0.05, 0) is 26.0 Å². The fourth-order valence-electron chi connectivity index (χ4n) is 0.927. The molecule has 0 fully saturated rings. The number of nitrogens with two attached hydrogens (primary N) is 1. The van der Waals surface area contributed by atoms with Crippen molar-refractivity contribution in [1.82, 2.24) is 0 Å². The minimum absolute atomic E-state index is 0.322. The van der Waals surface area contributed by atoms with E-state index in [1.54, 1.807) is 32.7 Å². The summed E-state index contributed by atoms with van der Waals surface area (Å²) in [7, 11) is 1.67. The predicted octanol–water partition coefficient (Wildman–Crippen LogP) is 1.04. The Bertz CT molecular complexity index is 186. The molecule has 0 spiro atoms. The Morgan fingerprint density at radius 2 is 2.13 bits per heavy atom. The number of ether oxygens (including phenoxy) is 2. The van der Waals surface area contributed by atoms with Crippen molar-refractivity contribution in [3.8, 4) is 0 Å². The Hall–Kier alpha value is -0.260. The molecule has 0 aliphatic carbocycles. The highest BCUT2D eigenvalue weighted by Crippen LogP contribution is 2.13. The van der Waals surface area contributed by atoms with E-state index in [0.717, 1.165) is 18.1 Å². The molecule has 1 atom stereocenters. The van der Waals surface area contributed by atoms with Gasteiger partial charge in [0.2, 0.25) is 0 Å². The Balaban J connectivity index is 3.68. The van der Waals surface area contributed by atoms with E-state index in [2.05, 4.69) is 0 Å². The SMILES string of the molecule is CCOC(=O)C(C)(N)CCSCCOC. The van der Waals surface area contributed by atoms with Crippen molar-refractivity contribution in [2.75, 3.05) is 31.8 Å². The van der Waals surface area contributed by atoms with Crippen LogP contribution in [0.25, 0.3) is 0 Å². The highest BCUT2D eigenvalue weighted by molar-refractivity contribution is 7.99. The lowest BCUT2D eigenvalue weighted by Crippen LogP contribution is -2.46. The van der Waals surface area contributed by atoms with Gasteiger partial charge in [-0.3, -0.25) is 4.79 Å². The van der Waals surface area contributed by atoms with Crippen molar-refractivity contribution in [2.24, 2.45) is 5.73 Å². The molecule has 0 saturated heterocycles. The second kappa shape index (κ2) is 7.96. The van der Waals surface area contributed by atoms with E-state index >= 15 is 0 Å². The van der Waals surface area contributed by atoms with Crippen LogP contribution in [0, 0.1) is 0 Å². The number of thioether (sulfide) groups is 1. The molecule has 1 unspecified atom stereocenters. The van der Waals surface area contributed by atoms with E-state index in [1.807, 2.05) is 0 Å². The van der Waals surface area contributed by atoms with Gasteiger partial charge in [-0.1, -0.05) is 0 Å². The van der Waals surface area contributed by atoms with E-state index in [-0.39, 0.29) is 5.97 Å². The van der Waals surface area contributed by atoms with Gasteiger partial charge < -0.3 is 15.2 Å². The van der Waals surface area contributed by atoms with Crippen molar-refractivity contribution in [1.29, 1.82) is 0 Å². The zero-order valence-corrected chi connectivity index (χ0v) is 10.6. The molecule has 2 N–H and O–H groups in total. The van der Waals surface area contributed by atoms with Crippen molar-refractivity contribution >= 4 is 17.7 Å². The van der Waals surface area contributed by atoms with Crippen LogP contribution in [0.4, 0.5) is 0 Å². The summed E-state index contributed by atoms with van der Waals surface area (Å²) in [5.74, 6) is 1.45. The standard InChI is InChI=1S/C10H21NO3S/c1-4-14-9(12)10(2,11)5-7-15-8-6-13-3/h4-8,11H2,1-3H3. The first-order valence-electron chi connectivity index (χ1n) is 5.07. The summed E-state index contributed by atoms with van der Waals surface area (Å²) in [6.45, 7) is 4.59. The molecule has 0 aromatic rings. The number of hydrogen-bond acceptors (Lipinski definition) is 5. The minimum Gasteiger partial charge on any atom is -0.465 e. The van der Waals surface area contributed by atoms with E-state index in [0.29, 0.717) is 13.0 Å². The summed E-state index contributed by atoms with van der Waals surface area (Å²) in [4.78, 5) is 11.4. The predicted molar refractivity (Wildman–Crippen MR) is 63.0 cm³/mol. The largest absolute Gasteiger partial charge is 0.465 e. The Labute approximate surface area is 95.9 Å². The number of carbonyl (C=O) groups excluding carboxylic acids is 1. The van der Waals surface area contributed by atoms with Gasteiger partial charge >= 0.3 is 5.97 Å². The quantitative estimate of drug-likeness (QED) is 0.503. The van der Waals surface area contributed by atoms with Gasteiger partial charge in [0.25, 0.3) is 0 Å². The lowest BCUT2D eigenvalue weighted by molar-refractivity contribution is -0.149. The number of methoxy groups -OCH3 is 1. The van der Waals surface area contributed by atoms with Crippen LogP contribution >= 0.6 is 11.8 Å².